The lowest BCUT2D eigenvalue weighted by molar-refractivity contribution is 0.0992. The molecule has 2 nitrogen and oxygen atoms in total. The molecule has 1 atom stereocenters. The van der Waals surface area contributed by atoms with Crippen LogP contribution < -0.4 is 0 Å². The summed E-state index contributed by atoms with van der Waals surface area (Å²) in [6, 6.07) is 5.47. The molecule has 0 aliphatic carbocycles. The Morgan fingerprint density at radius 3 is 2.71 bits per heavy atom. The molecular weight excluding hydrogens is 244 g/mol. The van der Waals surface area contributed by atoms with E-state index in [0.717, 1.165) is 11.1 Å². The van der Waals surface area contributed by atoms with Crippen LogP contribution in [-0.2, 0) is 6.61 Å². The van der Waals surface area contributed by atoms with E-state index in [2.05, 4.69) is 15.9 Å². The number of aliphatic hydroxyl groups excluding tert-OH is 1. The third-order valence-corrected chi connectivity index (χ3v) is 2.61. The third-order valence-electron chi connectivity index (χ3n) is 2.20. The van der Waals surface area contributed by atoms with E-state index >= 15 is 0 Å². The molecule has 0 saturated carbocycles. The fourth-order valence-corrected chi connectivity index (χ4v) is 1.60. The van der Waals surface area contributed by atoms with Crippen molar-refractivity contribution in [2.75, 3.05) is 0 Å². The Hall–Kier alpha value is -0.670. The number of alkyl halides is 1. The van der Waals surface area contributed by atoms with Crippen molar-refractivity contribution < 1.29 is 9.90 Å². The monoisotopic (exact) mass is 256 g/mol. The Morgan fingerprint density at radius 1 is 1.57 bits per heavy atom. The number of benzene rings is 1. The summed E-state index contributed by atoms with van der Waals surface area (Å²) in [5.41, 5.74) is 2.28. The number of carbonyl (C=O) groups excluding carboxylic acids is 1. The number of Topliss-reactive ketones (excluding diaryl/α,β-unsaturated/α-hetero) is 1. The fraction of sp³-hybridized carbons (Fsp3) is 0.364. The van der Waals surface area contributed by atoms with Crippen LogP contribution in [-0.4, -0.2) is 15.7 Å². The van der Waals surface area contributed by atoms with E-state index in [-0.39, 0.29) is 17.2 Å². The van der Waals surface area contributed by atoms with Gasteiger partial charge in [0.2, 0.25) is 0 Å². The second-order valence-corrected chi connectivity index (χ2v) is 4.61. The molecule has 0 aliphatic rings. The van der Waals surface area contributed by atoms with E-state index in [1.807, 2.05) is 19.1 Å². The topological polar surface area (TPSA) is 37.3 Å². The van der Waals surface area contributed by atoms with Crippen LogP contribution in [0.1, 0.15) is 28.4 Å². The van der Waals surface area contributed by atoms with Gasteiger partial charge in [-0.2, -0.15) is 0 Å². The van der Waals surface area contributed by atoms with Crippen molar-refractivity contribution in [3.63, 3.8) is 0 Å². The number of aliphatic hydroxyl groups is 1. The lowest BCUT2D eigenvalue weighted by Crippen LogP contribution is -2.13. The molecule has 3 heteroatoms. The van der Waals surface area contributed by atoms with Gasteiger partial charge in [0.25, 0.3) is 0 Å². The molecule has 0 amide bonds. The highest BCUT2D eigenvalue weighted by molar-refractivity contribution is 9.10. The van der Waals surface area contributed by atoms with Crippen molar-refractivity contribution in [2.24, 2.45) is 0 Å². The molecule has 0 bridgehead atoms. The Balaban J connectivity index is 3.20. The zero-order valence-corrected chi connectivity index (χ0v) is 9.84. The number of aryl methyl sites for hydroxylation is 1. The van der Waals surface area contributed by atoms with Crippen molar-refractivity contribution in [3.05, 3.63) is 34.9 Å². The summed E-state index contributed by atoms with van der Waals surface area (Å²) in [5.74, 6) is 0.0118. The average molecular weight is 257 g/mol. The molecule has 0 radical (unpaired) electrons. The van der Waals surface area contributed by atoms with E-state index in [1.165, 1.54) is 0 Å². The lowest BCUT2D eigenvalue weighted by Gasteiger charge is -2.10. The fourth-order valence-electron chi connectivity index (χ4n) is 1.36. The maximum absolute atomic E-state index is 11.7. The number of carbonyl (C=O) groups is 1. The first-order chi connectivity index (χ1) is 6.57. The number of halogens is 1. The van der Waals surface area contributed by atoms with Gasteiger partial charge in [0, 0.05) is 5.56 Å². The predicted molar refractivity (Wildman–Crippen MR) is 59.8 cm³/mol. The van der Waals surface area contributed by atoms with Gasteiger partial charge in [-0.25, -0.2) is 0 Å². The van der Waals surface area contributed by atoms with Gasteiger partial charge in [-0.1, -0.05) is 34.1 Å². The van der Waals surface area contributed by atoms with Crippen molar-refractivity contribution in [1.82, 2.24) is 0 Å². The maximum atomic E-state index is 11.7. The van der Waals surface area contributed by atoms with E-state index in [9.17, 15) is 4.79 Å². The highest BCUT2D eigenvalue weighted by Crippen LogP contribution is 2.18. The second-order valence-electron chi connectivity index (χ2n) is 3.24. The van der Waals surface area contributed by atoms with Crippen LogP contribution in [0.5, 0.6) is 0 Å². The van der Waals surface area contributed by atoms with Crippen molar-refractivity contribution in [1.29, 1.82) is 0 Å². The van der Waals surface area contributed by atoms with Crippen molar-refractivity contribution in [2.45, 2.75) is 25.3 Å². The van der Waals surface area contributed by atoms with Gasteiger partial charge in [-0.15, -0.1) is 0 Å². The summed E-state index contributed by atoms with van der Waals surface area (Å²) in [5, 5.41) is 9.16. The Bertz CT molecular complexity index is 345. The van der Waals surface area contributed by atoms with E-state index < -0.39 is 0 Å². The van der Waals surface area contributed by atoms with E-state index in [0.29, 0.717) is 5.56 Å². The first-order valence-electron chi connectivity index (χ1n) is 4.45. The summed E-state index contributed by atoms with van der Waals surface area (Å²) in [6.45, 7) is 3.58. The molecule has 0 saturated heterocycles. The molecule has 1 N–H and O–H groups in total. The quantitative estimate of drug-likeness (QED) is 0.667. The van der Waals surface area contributed by atoms with Crippen molar-refractivity contribution >= 4 is 21.7 Å². The predicted octanol–water partition coefficient (Wildman–Crippen LogP) is 2.45. The minimum atomic E-state index is -0.213. The van der Waals surface area contributed by atoms with Gasteiger partial charge < -0.3 is 5.11 Å². The summed E-state index contributed by atoms with van der Waals surface area (Å²) >= 11 is 3.23. The van der Waals surface area contributed by atoms with Gasteiger partial charge >= 0.3 is 0 Å². The Morgan fingerprint density at radius 2 is 2.21 bits per heavy atom. The van der Waals surface area contributed by atoms with Crippen LogP contribution in [0.4, 0.5) is 0 Å². The van der Waals surface area contributed by atoms with Gasteiger partial charge in [0.15, 0.2) is 5.78 Å². The molecule has 0 heterocycles. The summed E-state index contributed by atoms with van der Waals surface area (Å²) in [7, 11) is 0. The molecule has 14 heavy (non-hydrogen) atoms. The zero-order valence-electron chi connectivity index (χ0n) is 8.25. The van der Waals surface area contributed by atoms with Crippen LogP contribution in [0.3, 0.4) is 0 Å². The third kappa shape index (κ3) is 2.22. The molecule has 0 aromatic heterocycles. The number of hydrogen-bond donors (Lipinski definition) is 1. The first-order valence-corrected chi connectivity index (χ1v) is 5.37. The number of rotatable bonds is 3. The van der Waals surface area contributed by atoms with Gasteiger partial charge in [-0.05, 0) is 25.0 Å². The molecule has 1 rings (SSSR count). The largest absolute Gasteiger partial charge is 0.392 e. The molecule has 76 valence electrons. The smallest absolute Gasteiger partial charge is 0.176 e. The summed E-state index contributed by atoms with van der Waals surface area (Å²) in [6.07, 6.45) is 0. The Labute approximate surface area is 92.1 Å². The summed E-state index contributed by atoms with van der Waals surface area (Å²) < 4.78 is 0. The number of hydrogen-bond acceptors (Lipinski definition) is 2. The minimum Gasteiger partial charge on any atom is -0.392 e. The Kier molecular flexibility index (Phi) is 3.84. The van der Waals surface area contributed by atoms with Gasteiger partial charge in [-0.3, -0.25) is 4.79 Å². The molecule has 1 unspecified atom stereocenters. The first kappa shape index (κ1) is 11.4. The van der Waals surface area contributed by atoms with Crippen LogP contribution >= 0.6 is 15.9 Å². The zero-order chi connectivity index (χ0) is 10.7. The SMILES string of the molecule is Cc1cccc(C(=O)C(C)Br)c1CO. The molecule has 0 spiro atoms. The van der Waals surface area contributed by atoms with Crippen LogP contribution in [0.25, 0.3) is 0 Å². The average Bonchev–Trinajstić information content (AvgIpc) is 2.16. The normalized spacial score (nSPS) is 12.6. The van der Waals surface area contributed by atoms with E-state index in [4.69, 9.17) is 5.11 Å². The van der Waals surface area contributed by atoms with Crippen LogP contribution in [0, 0.1) is 6.92 Å². The molecule has 1 aromatic carbocycles. The minimum absolute atomic E-state index is 0.0118. The van der Waals surface area contributed by atoms with Crippen molar-refractivity contribution in [3.8, 4) is 0 Å². The maximum Gasteiger partial charge on any atom is 0.176 e. The van der Waals surface area contributed by atoms with Gasteiger partial charge in [0.05, 0.1) is 11.4 Å². The summed E-state index contributed by atoms with van der Waals surface area (Å²) in [4.78, 5) is 11.5. The van der Waals surface area contributed by atoms with Crippen LogP contribution in [0.15, 0.2) is 18.2 Å². The molecule has 1 aromatic rings. The molecule has 0 aliphatic heterocycles. The highest BCUT2D eigenvalue weighted by Gasteiger charge is 2.16. The molecule has 0 fully saturated rings. The highest BCUT2D eigenvalue weighted by atomic mass is 79.9. The lowest BCUT2D eigenvalue weighted by atomic mass is 9.98. The standard InChI is InChI=1S/C11H13BrO2/c1-7-4-3-5-9(10(7)6-13)11(14)8(2)12/h3-5,8,13H,6H2,1-2H3. The second kappa shape index (κ2) is 4.71. The number of ketones is 1. The van der Waals surface area contributed by atoms with E-state index in [1.54, 1.807) is 13.0 Å². The van der Waals surface area contributed by atoms with Gasteiger partial charge in [0.1, 0.15) is 0 Å². The molecular formula is C11H13BrO2. The van der Waals surface area contributed by atoms with Crippen LogP contribution in [0.2, 0.25) is 0 Å².